The van der Waals surface area contributed by atoms with Crippen molar-refractivity contribution < 1.29 is 4.79 Å². The van der Waals surface area contributed by atoms with Gasteiger partial charge in [0.05, 0.1) is 6.07 Å². The number of carbonyl (C=O) groups excluding carboxylic acids is 1. The van der Waals surface area contributed by atoms with Gasteiger partial charge in [0.25, 0.3) is 0 Å². The SMILES string of the molecule is CCC(C)(C#N)C(=O)N(C)CCN1CCCC1. The number of hydrogen-bond donors (Lipinski definition) is 0. The first-order valence-electron chi connectivity index (χ1n) is 6.42. The molecule has 1 aliphatic heterocycles. The fourth-order valence-corrected chi connectivity index (χ4v) is 2.10. The summed E-state index contributed by atoms with van der Waals surface area (Å²) in [7, 11) is 1.80. The second kappa shape index (κ2) is 6.02. The lowest BCUT2D eigenvalue weighted by atomic mass is 9.88. The summed E-state index contributed by atoms with van der Waals surface area (Å²) in [5.41, 5.74) is -0.861. The van der Waals surface area contributed by atoms with Gasteiger partial charge in [0, 0.05) is 20.1 Å². The minimum Gasteiger partial charge on any atom is -0.343 e. The van der Waals surface area contributed by atoms with Gasteiger partial charge in [-0.1, -0.05) is 6.92 Å². The van der Waals surface area contributed by atoms with Gasteiger partial charge in [-0.25, -0.2) is 0 Å². The van der Waals surface area contributed by atoms with E-state index < -0.39 is 5.41 Å². The molecule has 0 aromatic heterocycles. The molecule has 4 nitrogen and oxygen atoms in total. The quantitative estimate of drug-likeness (QED) is 0.727. The summed E-state index contributed by atoms with van der Waals surface area (Å²) >= 11 is 0. The molecular formula is C13H23N3O. The van der Waals surface area contributed by atoms with Crippen LogP contribution in [0, 0.1) is 16.7 Å². The van der Waals surface area contributed by atoms with Crippen LogP contribution in [0.1, 0.15) is 33.1 Å². The minimum absolute atomic E-state index is 0.0540. The average Bonchev–Trinajstić information content (AvgIpc) is 2.87. The summed E-state index contributed by atoms with van der Waals surface area (Å²) in [6.45, 7) is 7.54. The molecule has 0 aromatic rings. The Kier molecular flexibility index (Phi) is 4.95. The zero-order valence-corrected chi connectivity index (χ0v) is 11.2. The Morgan fingerprint density at radius 1 is 1.47 bits per heavy atom. The Balaban J connectivity index is 2.43. The van der Waals surface area contributed by atoms with Crippen LogP contribution in [0.15, 0.2) is 0 Å². The van der Waals surface area contributed by atoms with E-state index in [0.717, 1.165) is 26.2 Å². The summed E-state index contributed by atoms with van der Waals surface area (Å²) in [5, 5.41) is 9.08. The molecule has 1 saturated heterocycles. The first-order valence-corrected chi connectivity index (χ1v) is 6.42. The Bertz CT molecular complexity index is 304. The highest BCUT2D eigenvalue weighted by Crippen LogP contribution is 2.22. The van der Waals surface area contributed by atoms with E-state index in [2.05, 4.69) is 11.0 Å². The van der Waals surface area contributed by atoms with Crippen molar-refractivity contribution in [2.75, 3.05) is 33.2 Å². The highest BCUT2D eigenvalue weighted by Gasteiger charge is 2.33. The van der Waals surface area contributed by atoms with E-state index in [9.17, 15) is 4.79 Å². The molecule has 1 amide bonds. The highest BCUT2D eigenvalue weighted by molar-refractivity contribution is 5.84. The molecule has 4 heteroatoms. The van der Waals surface area contributed by atoms with Gasteiger partial charge in [0.2, 0.25) is 5.91 Å². The fraction of sp³-hybridized carbons (Fsp3) is 0.846. The topological polar surface area (TPSA) is 47.3 Å². The lowest BCUT2D eigenvalue weighted by Gasteiger charge is -2.27. The third-order valence-corrected chi connectivity index (χ3v) is 3.72. The third-order valence-electron chi connectivity index (χ3n) is 3.72. The second-order valence-electron chi connectivity index (χ2n) is 5.07. The van der Waals surface area contributed by atoms with Crippen LogP contribution in [0.25, 0.3) is 0 Å². The van der Waals surface area contributed by atoms with Crippen LogP contribution >= 0.6 is 0 Å². The van der Waals surface area contributed by atoms with Crippen molar-refractivity contribution in [2.24, 2.45) is 5.41 Å². The lowest BCUT2D eigenvalue weighted by Crippen LogP contribution is -2.42. The standard InChI is InChI=1S/C13H23N3O/c1-4-13(2,11-14)12(17)15(3)9-10-16-7-5-6-8-16/h4-10H2,1-3H3. The van der Waals surface area contributed by atoms with Crippen molar-refractivity contribution >= 4 is 5.91 Å². The van der Waals surface area contributed by atoms with E-state index in [1.807, 2.05) is 6.92 Å². The lowest BCUT2D eigenvalue weighted by molar-refractivity contribution is -0.137. The number of likely N-dealkylation sites (tertiary alicyclic amines) is 1. The number of nitriles is 1. The van der Waals surface area contributed by atoms with Crippen molar-refractivity contribution in [3.63, 3.8) is 0 Å². The van der Waals surface area contributed by atoms with Crippen molar-refractivity contribution in [3.8, 4) is 6.07 Å². The van der Waals surface area contributed by atoms with Crippen molar-refractivity contribution in [2.45, 2.75) is 33.1 Å². The monoisotopic (exact) mass is 237 g/mol. The molecule has 0 aromatic carbocycles. The molecule has 1 fully saturated rings. The molecule has 0 N–H and O–H groups in total. The van der Waals surface area contributed by atoms with Gasteiger partial charge in [-0.3, -0.25) is 4.79 Å². The summed E-state index contributed by atoms with van der Waals surface area (Å²) in [6, 6.07) is 2.13. The van der Waals surface area contributed by atoms with Crippen LogP contribution in [0.3, 0.4) is 0 Å². The molecule has 17 heavy (non-hydrogen) atoms. The fourth-order valence-electron chi connectivity index (χ4n) is 2.10. The normalized spacial score (nSPS) is 19.6. The zero-order valence-electron chi connectivity index (χ0n) is 11.2. The summed E-state index contributed by atoms with van der Waals surface area (Å²) in [4.78, 5) is 16.2. The van der Waals surface area contributed by atoms with Gasteiger partial charge in [0.1, 0.15) is 5.41 Å². The number of nitrogens with zero attached hydrogens (tertiary/aromatic N) is 3. The minimum atomic E-state index is -0.861. The van der Waals surface area contributed by atoms with Crippen molar-refractivity contribution in [3.05, 3.63) is 0 Å². The molecule has 0 radical (unpaired) electrons. The van der Waals surface area contributed by atoms with E-state index in [4.69, 9.17) is 5.26 Å². The summed E-state index contributed by atoms with van der Waals surface area (Å²) in [5.74, 6) is -0.0540. The van der Waals surface area contributed by atoms with Crippen molar-refractivity contribution in [1.29, 1.82) is 5.26 Å². The largest absolute Gasteiger partial charge is 0.343 e. The Morgan fingerprint density at radius 2 is 2.06 bits per heavy atom. The molecule has 0 aliphatic carbocycles. The van der Waals surface area contributed by atoms with E-state index in [0.29, 0.717) is 6.42 Å². The molecular weight excluding hydrogens is 214 g/mol. The Morgan fingerprint density at radius 3 is 2.53 bits per heavy atom. The van der Waals surface area contributed by atoms with Crippen LogP contribution in [0.5, 0.6) is 0 Å². The number of likely N-dealkylation sites (N-methyl/N-ethyl adjacent to an activating group) is 1. The van der Waals surface area contributed by atoms with Crippen LogP contribution < -0.4 is 0 Å². The highest BCUT2D eigenvalue weighted by atomic mass is 16.2. The van der Waals surface area contributed by atoms with Crippen LogP contribution in [-0.4, -0.2) is 48.9 Å². The summed E-state index contributed by atoms with van der Waals surface area (Å²) < 4.78 is 0. The molecule has 0 bridgehead atoms. The van der Waals surface area contributed by atoms with Gasteiger partial charge in [-0.2, -0.15) is 5.26 Å². The predicted molar refractivity (Wildman–Crippen MR) is 67.3 cm³/mol. The number of carbonyl (C=O) groups is 1. The molecule has 96 valence electrons. The van der Waals surface area contributed by atoms with E-state index in [-0.39, 0.29) is 5.91 Å². The second-order valence-corrected chi connectivity index (χ2v) is 5.07. The first kappa shape index (κ1) is 14.0. The van der Waals surface area contributed by atoms with E-state index >= 15 is 0 Å². The number of amides is 1. The van der Waals surface area contributed by atoms with Gasteiger partial charge in [0.15, 0.2) is 0 Å². The maximum absolute atomic E-state index is 12.1. The van der Waals surface area contributed by atoms with Gasteiger partial charge in [-0.05, 0) is 39.3 Å². The molecule has 1 heterocycles. The molecule has 1 atom stereocenters. The Hall–Kier alpha value is -1.08. The van der Waals surface area contributed by atoms with E-state index in [1.165, 1.54) is 12.8 Å². The van der Waals surface area contributed by atoms with Crippen LogP contribution in [-0.2, 0) is 4.79 Å². The molecule has 0 saturated carbocycles. The Labute approximate surface area is 104 Å². The third kappa shape index (κ3) is 3.44. The number of rotatable bonds is 5. The van der Waals surface area contributed by atoms with Crippen LogP contribution in [0.4, 0.5) is 0 Å². The van der Waals surface area contributed by atoms with Gasteiger partial charge < -0.3 is 9.80 Å². The summed E-state index contributed by atoms with van der Waals surface area (Å²) in [6.07, 6.45) is 3.10. The average molecular weight is 237 g/mol. The van der Waals surface area contributed by atoms with Gasteiger partial charge >= 0.3 is 0 Å². The van der Waals surface area contributed by atoms with E-state index in [1.54, 1.807) is 18.9 Å². The maximum Gasteiger partial charge on any atom is 0.242 e. The maximum atomic E-state index is 12.1. The molecule has 1 unspecified atom stereocenters. The molecule has 1 aliphatic rings. The molecule has 1 rings (SSSR count). The van der Waals surface area contributed by atoms with Crippen LogP contribution in [0.2, 0.25) is 0 Å². The predicted octanol–water partition coefficient (Wildman–Crippen LogP) is 1.48. The smallest absolute Gasteiger partial charge is 0.242 e. The van der Waals surface area contributed by atoms with Crippen molar-refractivity contribution in [1.82, 2.24) is 9.80 Å². The molecule has 0 spiro atoms. The first-order chi connectivity index (χ1) is 8.03. The van der Waals surface area contributed by atoms with Gasteiger partial charge in [-0.15, -0.1) is 0 Å². The zero-order chi connectivity index (χ0) is 12.9. The number of hydrogen-bond acceptors (Lipinski definition) is 3.